The second kappa shape index (κ2) is 5.44. The predicted octanol–water partition coefficient (Wildman–Crippen LogP) is 4.00. The minimum absolute atomic E-state index is 1.02. The number of fused-ring (bicyclic) bond motifs is 2. The van der Waals surface area contributed by atoms with Crippen LogP contribution in [0.2, 0.25) is 0 Å². The molecule has 2 aromatic carbocycles. The van der Waals surface area contributed by atoms with Crippen LogP contribution in [-0.2, 0) is 19.4 Å². The van der Waals surface area contributed by atoms with Crippen molar-refractivity contribution in [3.63, 3.8) is 0 Å². The Kier molecular flexibility index (Phi) is 3.30. The van der Waals surface area contributed by atoms with Gasteiger partial charge < -0.3 is 10.2 Å². The van der Waals surface area contributed by atoms with E-state index in [1.165, 1.54) is 60.3 Å². The molecule has 0 unspecified atom stereocenters. The number of nitrogens with one attached hydrogen (secondary N) is 1. The molecule has 1 N–H and O–H groups in total. The van der Waals surface area contributed by atoms with Crippen molar-refractivity contribution >= 4 is 11.4 Å². The van der Waals surface area contributed by atoms with Gasteiger partial charge in [0.25, 0.3) is 0 Å². The number of aryl methyl sites for hydroxylation is 1. The summed E-state index contributed by atoms with van der Waals surface area (Å²) in [5.41, 5.74) is 7.26. The molecule has 2 heteroatoms. The molecule has 0 amide bonds. The van der Waals surface area contributed by atoms with Crippen molar-refractivity contribution in [3.05, 3.63) is 59.2 Å². The summed E-state index contributed by atoms with van der Waals surface area (Å²) in [4.78, 5) is 2.57. The lowest BCUT2D eigenvalue weighted by molar-refractivity contribution is 0.715. The van der Waals surface area contributed by atoms with Gasteiger partial charge in [-0.25, -0.2) is 0 Å². The highest BCUT2D eigenvalue weighted by Gasteiger charge is 2.19. The molecule has 0 fully saturated rings. The molecule has 0 atom stereocenters. The van der Waals surface area contributed by atoms with Crippen LogP contribution in [0.25, 0.3) is 0 Å². The molecule has 0 saturated carbocycles. The summed E-state index contributed by atoms with van der Waals surface area (Å²) in [7, 11) is 0. The molecular weight excluding hydrogens is 256 g/mol. The SMILES string of the molecule is c1ccc2c(c1)CCCCN2Cc1cccc2c1NCC2. The van der Waals surface area contributed by atoms with E-state index in [0.29, 0.717) is 0 Å². The van der Waals surface area contributed by atoms with Crippen LogP contribution in [-0.4, -0.2) is 13.1 Å². The van der Waals surface area contributed by atoms with Crippen molar-refractivity contribution in [1.82, 2.24) is 0 Å². The van der Waals surface area contributed by atoms with Gasteiger partial charge in [-0.1, -0.05) is 36.4 Å². The largest absolute Gasteiger partial charge is 0.384 e. The normalized spacial score (nSPS) is 16.9. The topological polar surface area (TPSA) is 15.3 Å². The molecule has 2 heterocycles. The Labute approximate surface area is 126 Å². The third kappa shape index (κ3) is 2.39. The van der Waals surface area contributed by atoms with Crippen LogP contribution in [0.1, 0.15) is 29.5 Å². The summed E-state index contributed by atoms with van der Waals surface area (Å²) in [6, 6.07) is 15.7. The van der Waals surface area contributed by atoms with Crippen molar-refractivity contribution in [2.24, 2.45) is 0 Å². The van der Waals surface area contributed by atoms with Gasteiger partial charge in [0.05, 0.1) is 0 Å². The molecule has 21 heavy (non-hydrogen) atoms. The lowest BCUT2D eigenvalue weighted by Crippen LogP contribution is -2.24. The van der Waals surface area contributed by atoms with Crippen LogP contribution in [0.15, 0.2) is 42.5 Å². The number of benzene rings is 2. The lowest BCUT2D eigenvalue weighted by Gasteiger charge is -2.26. The lowest BCUT2D eigenvalue weighted by atomic mass is 10.1. The van der Waals surface area contributed by atoms with Crippen molar-refractivity contribution in [1.29, 1.82) is 0 Å². The van der Waals surface area contributed by atoms with Crippen LogP contribution in [0, 0.1) is 0 Å². The summed E-state index contributed by atoms with van der Waals surface area (Å²) in [6.07, 6.45) is 4.98. The molecule has 0 spiro atoms. The first-order valence-electron chi connectivity index (χ1n) is 8.09. The van der Waals surface area contributed by atoms with Gasteiger partial charge in [-0.2, -0.15) is 0 Å². The predicted molar refractivity (Wildman–Crippen MR) is 89.1 cm³/mol. The van der Waals surface area contributed by atoms with Crippen LogP contribution >= 0.6 is 0 Å². The van der Waals surface area contributed by atoms with E-state index in [2.05, 4.69) is 52.7 Å². The standard InChI is InChI=1S/C19H22N2/c1-2-10-18-15(6-1)7-3-4-13-21(18)14-17-9-5-8-16-11-12-20-19(16)17/h1-2,5-6,8-10,20H,3-4,7,11-14H2. The first-order chi connectivity index (χ1) is 10.4. The quantitative estimate of drug-likeness (QED) is 0.893. The van der Waals surface area contributed by atoms with E-state index in [-0.39, 0.29) is 0 Å². The maximum Gasteiger partial charge on any atom is 0.0450 e. The zero-order valence-electron chi connectivity index (χ0n) is 12.4. The Morgan fingerprint density at radius 1 is 0.905 bits per heavy atom. The average Bonchev–Trinajstić information content (AvgIpc) is 2.91. The zero-order valence-corrected chi connectivity index (χ0v) is 12.4. The molecule has 0 radical (unpaired) electrons. The fraction of sp³-hybridized carbons (Fsp3) is 0.368. The molecule has 108 valence electrons. The van der Waals surface area contributed by atoms with Crippen LogP contribution in [0.3, 0.4) is 0 Å². The number of para-hydroxylation sites is 2. The second-order valence-corrected chi connectivity index (χ2v) is 6.14. The second-order valence-electron chi connectivity index (χ2n) is 6.14. The molecule has 0 aliphatic carbocycles. The monoisotopic (exact) mass is 278 g/mol. The van der Waals surface area contributed by atoms with E-state index >= 15 is 0 Å². The number of nitrogens with zero attached hydrogens (tertiary/aromatic N) is 1. The number of anilines is 2. The van der Waals surface area contributed by atoms with E-state index in [1.807, 2.05) is 0 Å². The molecule has 2 aliphatic heterocycles. The Morgan fingerprint density at radius 2 is 1.81 bits per heavy atom. The Hall–Kier alpha value is -1.96. The Balaban J connectivity index is 1.67. The summed E-state index contributed by atoms with van der Waals surface area (Å²) in [5, 5.41) is 3.57. The van der Waals surface area contributed by atoms with Gasteiger partial charge in [0, 0.05) is 31.0 Å². The van der Waals surface area contributed by atoms with E-state index < -0.39 is 0 Å². The molecule has 0 aromatic heterocycles. The van der Waals surface area contributed by atoms with Gasteiger partial charge in [-0.15, -0.1) is 0 Å². The minimum Gasteiger partial charge on any atom is -0.384 e. The van der Waals surface area contributed by atoms with Gasteiger partial charge in [0.15, 0.2) is 0 Å². The summed E-state index contributed by atoms with van der Waals surface area (Å²) >= 11 is 0. The molecule has 0 saturated heterocycles. The maximum absolute atomic E-state index is 3.57. The van der Waals surface area contributed by atoms with Crippen LogP contribution < -0.4 is 10.2 Å². The van der Waals surface area contributed by atoms with Crippen LogP contribution in [0.5, 0.6) is 0 Å². The van der Waals surface area contributed by atoms with E-state index in [9.17, 15) is 0 Å². The molecular formula is C19H22N2. The Bertz CT molecular complexity index is 648. The molecule has 2 nitrogen and oxygen atoms in total. The van der Waals surface area contributed by atoms with E-state index in [4.69, 9.17) is 0 Å². The fourth-order valence-electron chi connectivity index (χ4n) is 3.68. The van der Waals surface area contributed by atoms with E-state index in [1.54, 1.807) is 0 Å². The van der Waals surface area contributed by atoms with Gasteiger partial charge in [-0.05, 0) is 48.4 Å². The number of hydrogen-bond acceptors (Lipinski definition) is 2. The molecule has 2 aliphatic rings. The smallest absolute Gasteiger partial charge is 0.0450 e. The van der Waals surface area contributed by atoms with Crippen LogP contribution in [0.4, 0.5) is 11.4 Å². The third-order valence-electron chi connectivity index (χ3n) is 4.75. The zero-order chi connectivity index (χ0) is 14.1. The van der Waals surface area contributed by atoms with Crippen molar-refractivity contribution in [3.8, 4) is 0 Å². The third-order valence-corrected chi connectivity index (χ3v) is 4.75. The molecule has 2 aromatic rings. The fourth-order valence-corrected chi connectivity index (χ4v) is 3.68. The van der Waals surface area contributed by atoms with Gasteiger partial charge in [0.2, 0.25) is 0 Å². The summed E-state index contributed by atoms with van der Waals surface area (Å²) in [6.45, 7) is 3.27. The highest BCUT2D eigenvalue weighted by Crippen LogP contribution is 2.31. The van der Waals surface area contributed by atoms with Crippen molar-refractivity contribution in [2.75, 3.05) is 23.3 Å². The highest BCUT2D eigenvalue weighted by molar-refractivity contribution is 5.63. The molecule has 4 rings (SSSR count). The van der Waals surface area contributed by atoms with Gasteiger partial charge in [0.1, 0.15) is 0 Å². The first kappa shape index (κ1) is 12.8. The van der Waals surface area contributed by atoms with Crippen molar-refractivity contribution in [2.45, 2.75) is 32.2 Å². The summed E-state index contributed by atoms with van der Waals surface area (Å²) < 4.78 is 0. The number of rotatable bonds is 2. The summed E-state index contributed by atoms with van der Waals surface area (Å²) in [5.74, 6) is 0. The van der Waals surface area contributed by atoms with Crippen molar-refractivity contribution < 1.29 is 0 Å². The first-order valence-corrected chi connectivity index (χ1v) is 8.09. The van der Waals surface area contributed by atoms with Gasteiger partial charge in [-0.3, -0.25) is 0 Å². The minimum atomic E-state index is 1.02. The average molecular weight is 278 g/mol. The highest BCUT2D eigenvalue weighted by atomic mass is 15.1. The number of hydrogen-bond donors (Lipinski definition) is 1. The van der Waals surface area contributed by atoms with Gasteiger partial charge >= 0.3 is 0 Å². The Morgan fingerprint density at radius 3 is 2.81 bits per heavy atom. The molecule has 0 bridgehead atoms. The maximum atomic E-state index is 3.57. The van der Waals surface area contributed by atoms with E-state index in [0.717, 1.165) is 13.1 Å².